The number of sulfonamides is 1. The van der Waals surface area contributed by atoms with E-state index in [4.69, 9.17) is 0 Å². The normalized spacial score (nSPS) is 11.0. The van der Waals surface area contributed by atoms with Crippen molar-refractivity contribution >= 4 is 31.6 Å². The molecule has 6 heteroatoms. The fourth-order valence-electron chi connectivity index (χ4n) is 1.96. The Morgan fingerprint density at radius 3 is 2.52 bits per heavy atom. The Bertz CT molecular complexity index is 839. The third-order valence-corrected chi connectivity index (χ3v) is 5.07. The Labute approximate surface area is 132 Å². The van der Waals surface area contributed by atoms with E-state index < -0.39 is 10.0 Å². The van der Waals surface area contributed by atoms with E-state index in [1.807, 2.05) is 6.07 Å². The number of benzene rings is 2. The number of hydrogen-bond donors (Lipinski definition) is 1. The van der Waals surface area contributed by atoms with Gasteiger partial charge in [-0.3, -0.25) is 4.72 Å². The second-order valence-electron chi connectivity index (χ2n) is 4.62. The summed E-state index contributed by atoms with van der Waals surface area (Å²) in [4.78, 5) is 0.183. The van der Waals surface area contributed by atoms with Crippen molar-refractivity contribution in [1.29, 1.82) is 5.26 Å². The van der Waals surface area contributed by atoms with E-state index in [1.54, 1.807) is 50.2 Å². The highest BCUT2D eigenvalue weighted by atomic mass is 79.9. The highest BCUT2D eigenvalue weighted by molar-refractivity contribution is 9.10. The maximum absolute atomic E-state index is 12.5. The maximum atomic E-state index is 12.5. The number of anilines is 1. The highest BCUT2D eigenvalue weighted by Crippen LogP contribution is 2.25. The molecule has 108 valence electrons. The van der Waals surface area contributed by atoms with Crippen molar-refractivity contribution in [2.45, 2.75) is 18.7 Å². The van der Waals surface area contributed by atoms with Gasteiger partial charge in [-0.2, -0.15) is 5.26 Å². The SMILES string of the molecule is Cc1ccc(Br)cc1S(=O)(=O)Nc1cccc(C)c1C#N. The Balaban J connectivity index is 2.51. The van der Waals surface area contributed by atoms with E-state index in [-0.39, 0.29) is 10.6 Å². The molecule has 0 aliphatic heterocycles. The first kappa shape index (κ1) is 15.5. The van der Waals surface area contributed by atoms with Crippen LogP contribution in [0, 0.1) is 25.2 Å². The van der Waals surface area contributed by atoms with Crippen molar-refractivity contribution in [3.63, 3.8) is 0 Å². The molecule has 2 aromatic carbocycles. The molecular formula is C15H13BrN2O2S. The van der Waals surface area contributed by atoms with Gasteiger partial charge < -0.3 is 0 Å². The number of nitrogens with one attached hydrogen (secondary N) is 1. The van der Waals surface area contributed by atoms with Gasteiger partial charge in [-0.25, -0.2) is 8.42 Å². The van der Waals surface area contributed by atoms with E-state index in [2.05, 4.69) is 20.7 Å². The third kappa shape index (κ3) is 3.26. The van der Waals surface area contributed by atoms with Crippen molar-refractivity contribution in [2.75, 3.05) is 4.72 Å². The molecule has 4 nitrogen and oxygen atoms in total. The van der Waals surface area contributed by atoms with Gasteiger partial charge in [0.1, 0.15) is 6.07 Å². The first-order valence-corrected chi connectivity index (χ1v) is 8.41. The topological polar surface area (TPSA) is 70.0 Å². The van der Waals surface area contributed by atoms with Crippen LogP contribution in [0.25, 0.3) is 0 Å². The molecule has 0 spiro atoms. The molecule has 0 heterocycles. The Morgan fingerprint density at radius 1 is 1.14 bits per heavy atom. The van der Waals surface area contributed by atoms with Gasteiger partial charge in [0.25, 0.3) is 10.0 Å². The predicted octanol–water partition coefficient (Wildman–Crippen LogP) is 3.74. The fourth-order valence-corrected chi connectivity index (χ4v) is 3.82. The van der Waals surface area contributed by atoms with Gasteiger partial charge in [0.05, 0.1) is 16.1 Å². The lowest BCUT2D eigenvalue weighted by atomic mass is 10.1. The van der Waals surface area contributed by atoms with E-state index in [0.29, 0.717) is 15.6 Å². The minimum absolute atomic E-state index is 0.183. The highest BCUT2D eigenvalue weighted by Gasteiger charge is 2.19. The van der Waals surface area contributed by atoms with Crippen LogP contribution in [0.5, 0.6) is 0 Å². The number of hydrogen-bond acceptors (Lipinski definition) is 3. The number of rotatable bonds is 3. The summed E-state index contributed by atoms with van der Waals surface area (Å²) in [5, 5.41) is 9.17. The van der Waals surface area contributed by atoms with Gasteiger partial charge >= 0.3 is 0 Å². The van der Waals surface area contributed by atoms with Crippen LogP contribution in [0.3, 0.4) is 0 Å². The molecule has 0 radical (unpaired) electrons. The molecule has 0 unspecified atom stereocenters. The largest absolute Gasteiger partial charge is 0.278 e. The second-order valence-corrected chi connectivity index (χ2v) is 7.19. The quantitative estimate of drug-likeness (QED) is 0.901. The first-order chi connectivity index (χ1) is 9.85. The Morgan fingerprint density at radius 2 is 1.86 bits per heavy atom. The average molecular weight is 365 g/mol. The van der Waals surface area contributed by atoms with Crippen LogP contribution in [0.15, 0.2) is 45.8 Å². The third-order valence-electron chi connectivity index (χ3n) is 3.07. The number of nitriles is 1. The molecule has 2 aromatic rings. The van der Waals surface area contributed by atoms with Crippen molar-refractivity contribution in [3.05, 3.63) is 57.6 Å². The van der Waals surface area contributed by atoms with Crippen LogP contribution >= 0.6 is 15.9 Å². The molecule has 21 heavy (non-hydrogen) atoms. The number of nitrogens with zero attached hydrogens (tertiary/aromatic N) is 1. The molecule has 0 aromatic heterocycles. The maximum Gasteiger partial charge on any atom is 0.262 e. The molecule has 2 rings (SSSR count). The van der Waals surface area contributed by atoms with Crippen LogP contribution in [0.2, 0.25) is 0 Å². The minimum Gasteiger partial charge on any atom is -0.278 e. The molecule has 0 saturated carbocycles. The van der Waals surface area contributed by atoms with Gasteiger partial charge in [0, 0.05) is 4.47 Å². The van der Waals surface area contributed by atoms with Gasteiger partial charge in [-0.15, -0.1) is 0 Å². The standard InChI is InChI=1S/C15H13BrN2O2S/c1-10-4-3-5-14(13(10)9-17)18-21(19,20)15-8-12(16)7-6-11(15)2/h3-8,18H,1-2H3. The molecule has 0 atom stereocenters. The summed E-state index contributed by atoms with van der Waals surface area (Å²) in [6, 6.07) is 12.1. The lowest BCUT2D eigenvalue weighted by molar-refractivity contribution is 0.600. The summed E-state index contributed by atoms with van der Waals surface area (Å²) in [6.45, 7) is 3.49. The van der Waals surface area contributed by atoms with E-state index in [9.17, 15) is 13.7 Å². The molecule has 1 N–H and O–H groups in total. The number of aryl methyl sites for hydroxylation is 2. The Hall–Kier alpha value is -1.84. The minimum atomic E-state index is -3.75. The van der Waals surface area contributed by atoms with Crippen molar-refractivity contribution in [2.24, 2.45) is 0 Å². The zero-order valence-corrected chi connectivity index (χ0v) is 13.9. The summed E-state index contributed by atoms with van der Waals surface area (Å²) >= 11 is 3.27. The number of halogens is 1. The van der Waals surface area contributed by atoms with Crippen molar-refractivity contribution in [3.8, 4) is 6.07 Å². The average Bonchev–Trinajstić information content (AvgIpc) is 2.41. The monoisotopic (exact) mass is 364 g/mol. The van der Waals surface area contributed by atoms with E-state index in [1.165, 1.54) is 0 Å². The molecule has 0 bridgehead atoms. The van der Waals surface area contributed by atoms with Gasteiger partial charge in [0.2, 0.25) is 0 Å². The van der Waals surface area contributed by atoms with Crippen molar-refractivity contribution < 1.29 is 8.42 Å². The van der Waals surface area contributed by atoms with Crippen LogP contribution in [0.1, 0.15) is 16.7 Å². The van der Waals surface area contributed by atoms with Gasteiger partial charge in [0.15, 0.2) is 0 Å². The summed E-state index contributed by atoms with van der Waals surface area (Å²) < 4.78 is 28.2. The second kappa shape index (κ2) is 5.88. The lowest BCUT2D eigenvalue weighted by Crippen LogP contribution is -2.15. The predicted molar refractivity (Wildman–Crippen MR) is 85.6 cm³/mol. The molecule has 0 aliphatic rings. The fraction of sp³-hybridized carbons (Fsp3) is 0.133. The molecular weight excluding hydrogens is 352 g/mol. The lowest BCUT2D eigenvalue weighted by Gasteiger charge is -2.12. The molecule has 0 fully saturated rings. The van der Waals surface area contributed by atoms with E-state index >= 15 is 0 Å². The molecule has 0 amide bonds. The van der Waals surface area contributed by atoms with Crippen LogP contribution in [-0.2, 0) is 10.0 Å². The first-order valence-electron chi connectivity index (χ1n) is 6.14. The van der Waals surface area contributed by atoms with Gasteiger partial charge in [-0.05, 0) is 43.2 Å². The van der Waals surface area contributed by atoms with Crippen LogP contribution in [-0.4, -0.2) is 8.42 Å². The van der Waals surface area contributed by atoms with E-state index in [0.717, 1.165) is 5.56 Å². The molecule has 0 aliphatic carbocycles. The van der Waals surface area contributed by atoms with Crippen LogP contribution in [0.4, 0.5) is 5.69 Å². The summed E-state index contributed by atoms with van der Waals surface area (Å²) in [7, 11) is -3.75. The zero-order valence-electron chi connectivity index (χ0n) is 11.5. The Kier molecular flexibility index (Phi) is 4.35. The zero-order chi connectivity index (χ0) is 15.6. The molecule has 0 saturated heterocycles. The van der Waals surface area contributed by atoms with Crippen molar-refractivity contribution in [1.82, 2.24) is 0 Å². The summed E-state index contributed by atoms with van der Waals surface area (Å²) in [5.74, 6) is 0. The van der Waals surface area contributed by atoms with Crippen LogP contribution < -0.4 is 4.72 Å². The summed E-state index contributed by atoms with van der Waals surface area (Å²) in [5.41, 5.74) is 1.98. The summed E-state index contributed by atoms with van der Waals surface area (Å²) in [6.07, 6.45) is 0. The van der Waals surface area contributed by atoms with Gasteiger partial charge in [-0.1, -0.05) is 34.1 Å². The smallest absolute Gasteiger partial charge is 0.262 e.